The van der Waals surface area contributed by atoms with E-state index in [2.05, 4.69) is 10.4 Å². The molecule has 2 amide bonds. The molecule has 23 heavy (non-hydrogen) atoms. The molecule has 2 fully saturated rings. The summed E-state index contributed by atoms with van der Waals surface area (Å²) in [7, 11) is 3.63. The van der Waals surface area contributed by atoms with Gasteiger partial charge in [-0.2, -0.15) is 5.10 Å². The van der Waals surface area contributed by atoms with Crippen molar-refractivity contribution in [1.29, 1.82) is 0 Å². The van der Waals surface area contributed by atoms with Crippen molar-refractivity contribution in [1.82, 2.24) is 20.0 Å². The highest BCUT2D eigenvalue weighted by molar-refractivity contribution is 5.74. The lowest BCUT2D eigenvalue weighted by Crippen LogP contribution is -2.50. The first-order valence-electron chi connectivity index (χ1n) is 8.26. The standard InChI is InChI=1S/C16H26N4O3/c1-19-10-14(9-18-19)13-3-6-20(11-13)15(21)17-12-16(22-2)4-7-23-8-5-16/h9-10,13H,3-8,11-12H2,1-2H3,(H,17,21)/t13-/m1/s1. The highest BCUT2D eigenvalue weighted by Gasteiger charge is 2.34. The lowest BCUT2D eigenvalue weighted by atomic mass is 9.94. The molecule has 0 radical (unpaired) electrons. The summed E-state index contributed by atoms with van der Waals surface area (Å²) in [5.74, 6) is 0.383. The Hall–Kier alpha value is -1.60. The number of hydrogen-bond donors (Lipinski definition) is 1. The number of aromatic nitrogens is 2. The van der Waals surface area contributed by atoms with Gasteiger partial charge in [0.25, 0.3) is 0 Å². The van der Waals surface area contributed by atoms with Gasteiger partial charge >= 0.3 is 6.03 Å². The van der Waals surface area contributed by atoms with Gasteiger partial charge in [0, 0.05) is 72.0 Å². The Morgan fingerprint density at radius 1 is 1.52 bits per heavy atom. The number of methoxy groups -OCH3 is 1. The number of urea groups is 1. The summed E-state index contributed by atoms with van der Waals surface area (Å²) < 4.78 is 12.9. The first kappa shape index (κ1) is 16.3. The van der Waals surface area contributed by atoms with Crippen LogP contribution in [0.1, 0.15) is 30.7 Å². The third-order valence-corrected chi connectivity index (χ3v) is 5.07. The van der Waals surface area contributed by atoms with Crippen LogP contribution in [0.3, 0.4) is 0 Å². The highest BCUT2D eigenvalue weighted by Crippen LogP contribution is 2.27. The average Bonchev–Trinajstić information content (AvgIpc) is 3.22. The van der Waals surface area contributed by atoms with Crippen LogP contribution in [-0.4, -0.2) is 66.3 Å². The summed E-state index contributed by atoms with van der Waals surface area (Å²) in [4.78, 5) is 14.3. The van der Waals surface area contributed by atoms with E-state index in [-0.39, 0.29) is 11.6 Å². The maximum atomic E-state index is 12.4. The Bertz CT molecular complexity index is 539. The Morgan fingerprint density at radius 3 is 2.96 bits per heavy atom. The number of amides is 2. The molecule has 128 valence electrons. The number of likely N-dealkylation sites (tertiary alicyclic amines) is 1. The average molecular weight is 322 g/mol. The van der Waals surface area contributed by atoms with E-state index in [0.717, 1.165) is 32.4 Å². The molecule has 1 aromatic heterocycles. The third kappa shape index (κ3) is 3.67. The van der Waals surface area contributed by atoms with E-state index in [1.54, 1.807) is 7.11 Å². The zero-order valence-corrected chi connectivity index (χ0v) is 14.0. The summed E-state index contributed by atoms with van der Waals surface area (Å²) in [5, 5.41) is 7.27. The van der Waals surface area contributed by atoms with E-state index in [0.29, 0.717) is 25.7 Å². The molecule has 3 heterocycles. The van der Waals surface area contributed by atoms with Gasteiger partial charge in [-0.15, -0.1) is 0 Å². The van der Waals surface area contributed by atoms with Crippen LogP contribution >= 0.6 is 0 Å². The van der Waals surface area contributed by atoms with Gasteiger partial charge in [0.15, 0.2) is 0 Å². The molecule has 0 spiro atoms. The van der Waals surface area contributed by atoms with Crippen LogP contribution in [0.4, 0.5) is 4.79 Å². The number of nitrogens with zero attached hydrogens (tertiary/aromatic N) is 3. The van der Waals surface area contributed by atoms with Crippen LogP contribution in [0.5, 0.6) is 0 Å². The molecular weight excluding hydrogens is 296 g/mol. The van der Waals surface area contributed by atoms with Gasteiger partial charge < -0.3 is 19.7 Å². The third-order valence-electron chi connectivity index (χ3n) is 5.07. The molecule has 2 aliphatic heterocycles. The van der Waals surface area contributed by atoms with Crippen LogP contribution in [0.15, 0.2) is 12.4 Å². The van der Waals surface area contributed by atoms with Crippen molar-refractivity contribution in [2.45, 2.75) is 30.8 Å². The van der Waals surface area contributed by atoms with Crippen molar-refractivity contribution >= 4 is 6.03 Å². The molecule has 1 N–H and O–H groups in total. The first-order valence-corrected chi connectivity index (χ1v) is 8.26. The van der Waals surface area contributed by atoms with E-state index in [9.17, 15) is 4.79 Å². The first-order chi connectivity index (χ1) is 11.1. The van der Waals surface area contributed by atoms with E-state index >= 15 is 0 Å². The van der Waals surface area contributed by atoms with Gasteiger partial charge in [-0.1, -0.05) is 0 Å². The second-order valence-electron chi connectivity index (χ2n) is 6.54. The normalized spacial score (nSPS) is 23.9. The molecule has 7 nitrogen and oxygen atoms in total. The molecule has 3 rings (SSSR count). The molecule has 2 saturated heterocycles. The minimum atomic E-state index is -0.281. The fourth-order valence-corrected chi connectivity index (χ4v) is 3.41. The van der Waals surface area contributed by atoms with Crippen LogP contribution in [-0.2, 0) is 16.5 Å². The predicted molar refractivity (Wildman–Crippen MR) is 85.3 cm³/mol. The molecule has 0 unspecified atom stereocenters. The number of ether oxygens (including phenoxy) is 2. The second-order valence-corrected chi connectivity index (χ2v) is 6.54. The minimum absolute atomic E-state index is 0.000642. The summed E-state index contributed by atoms with van der Waals surface area (Å²) in [6.45, 7) is 3.46. The van der Waals surface area contributed by atoms with E-state index in [4.69, 9.17) is 9.47 Å². The molecular formula is C16H26N4O3. The SMILES string of the molecule is COC1(CNC(=O)N2CC[C@@H](c3cnn(C)c3)C2)CCOCC1. The van der Waals surface area contributed by atoms with Gasteiger partial charge in [0.05, 0.1) is 11.8 Å². The highest BCUT2D eigenvalue weighted by atomic mass is 16.5. The van der Waals surface area contributed by atoms with Crippen LogP contribution < -0.4 is 5.32 Å². The van der Waals surface area contributed by atoms with Crippen molar-refractivity contribution in [3.8, 4) is 0 Å². The molecule has 1 aromatic rings. The molecule has 0 bridgehead atoms. The van der Waals surface area contributed by atoms with Gasteiger partial charge in [-0.3, -0.25) is 4.68 Å². The van der Waals surface area contributed by atoms with Crippen molar-refractivity contribution in [2.24, 2.45) is 7.05 Å². The minimum Gasteiger partial charge on any atom is -0.381 e. The van der Waals surface area contributed by atoms with E-state index < -0.39 is 0 Å². The molecule has 0 saturated carbocycles. The number of carbonyl (C=O) groups excluding carboxylic acids is 1. The summed E-state index contributed by atoms with van der Waals surface area (Å²) in [6, 6.07) is -0.000642. The lowest BCUT2D eigenvalue weighted by Gasteiger charge is -2.36. The largest absolute Gasteiger partial charge is 0.381 e. The van der Waals surface area contributed by atoms with Crippen LogP contribution in [0.25, 0.3) is 0 Å². The fourth-order valence-electron chi connectivity index (χ4n) is 3.41. The molecule has 7 heteroatoms. The fraction of sp³-hybridized carbons (Fsp3) is 0.750. The van der Waals surface area contributed by atoms with E-state index in [1.165, 1.54) is 5.56 Å². The number of nitrogens with one attached hydrogen (secondary N) is 1. The van der Waals surface area contributed by atoms with Gasteiger partial charge in [-0.05, 0) is 12.0 Å². The Kier molecular flexibility index (Phi) is 4.87. The number of carbonyl (C=O) groups is 1. The molecule has 2 aliphatic rings. The smallest absolute Gasteiger partial charge is 0.317 e. The maximum absolute atomic E-state index is 12.4. The molecule has 1 atom stereocenters. The Balaban J connectivity index is 1.51. The van der Waals surface area contributed by atoms with Crippen LogP contribution in [0, 0.1) is 0 Å². The molecule has 0 aromatic carbocycles. The van der Waals surface area contributed by atoms with E-state index in [1.807, 2.05) is 29.0 Å². The van der Waals surface area contributed by atoms with Crippen molar-refractivity contribution in [2.75, 3.05) is 40.0 Å². The van der Waals surface area contributed by atoms with Gasteiger partial charge in [0.1, 0.15) is 0 Å². The quantitative estimate of drug-likeness (QED) is 0.902. The topological polar surface area (TPSA) is 68.6 Å². The number of aryl methyl sites for hydroxylation is 1. The van der Waals surface area contributed by atoms with Gasteiger partial charge in [-0.25, -0.2) is 4.79 Å². The zero-order chi connectivity index (χ0) is 16.3. The monoisotopic (exact) mass is 322 g/mol. The zero-order valence-electron chi connectivity index (χ0n) is 14.0. The van der Waals surface area contributed by atoms with Crippen molar-refractivity contribution < 1.29 is 14.3 Å². The Morgan fingerprint density at radius 2 is 2.30 bits per heavy atom. The predicted octanol–water partition coefficient (Wildman–Crippen LogP) is 1.11. The van der Waals surface area contributed by atoms with Crippen molar-refractivity contribution in [3.05, 3.63) is 18.0 Å². The summed E-state index contributed by atoms with van der Waals surface area (Å²) in [6.07, 6.45) is 6.56. The lowest BCUT2D eigenvalue weighted by molar-refractivity contribution is -0.0864. The van der Waals surface area contributed by atoms with Crippen LogP contribution in [0.2, 0.25) is 0 Å². The Labute approximate surface area is 136 Å². The van der Waals surface area contributed by atoms with Crippen molar-refractivity contribution in [3.63, 3.8) is 0 Å². The molecule has 0 aliphatic carbocycles. The summed E-state index contributed by atoms with van der Waals surface area (Å²) >= 11 is 0. The second kappa shape index (κ2) is 6.88. The van der Waals surface area contributed by atoms with Gasteiger partial charge in [0.2, 0.25) is 0 Å². The number of rotatable bonds is 4. The number of hydrogen-bond acceptors (Lipinski definition) is 4. The summed E-state index contributed by atoms with van der Waals surface area (Å²) in [5.41, 5.74) is 0.928. The maximum Gasteiger partial charge on any atom is 0.317 e.